The van der Waals surface area contributed by atoms with Gasteiger partial charge in [0, 0.05) is 51.7 Å². The molecule has 0 unspecified atom stereocenters. The number of benzene rings is 6. The third-order valence-corrected chi connectivity index (χ3v) is 12.1. The van der Waals surface area contributed by atoms with Gasteiger partial charge < -0.3 is 20.8 Å². The zero-order valence-electron chi connectivity index (χ0n) is 31.4. The van der Waals surface area contributed by atoms with Crippen molar-refractivity contribution in [3.8, 4) is 11.5 Å². The van der Waals surface area contributed by atoms with Crippen LogP contribution in [0.15, 0.2) is 125 Å². The van der Waals surface area contributed by atoms with E-state index in [1.54, 1.807) is 0 Å². The summed E-state index contributed by atoms with van der Waals surface area (Å²) in [4.78, 5) is 10.4. The molecule has 0 aliphatic carbocycles. The largest absolute Gasteiger partial charge is 0.505 e. The number of aryl methyl sites for hydroxylation is 2. The standard InChI is InChI=1S/C35H28N6O15S4.Na/c1-17-11-23(57(45,46)47)5-9-27(17)38-40-31-29(59(51,52)53)15-19-13-21(3-7-25(19)33(31)42)36-35(44)37-22-4-8-26-20(14-22)16-30(60(54,55)56)32(34(26)43)41-39-28-10-6-24(12-18(28)2)58(48,49)50;/h3-16,42-43H,1-2H3,(H2,36,37,44)(H,45,46,47)(H,48,49,50)(H,51,52,53)(H,54,55,56);. The number of nitrogens with one attached hydrogen (secondary N) is 2. The maximum absolute atomic E-state index is 13.1. The van der Waals surface area contributed by atoms with Gasteiger partial charge in [0.05, 0.1) is 21.2 Å². The number of nitrogens with zero attached hydrogens (tertiary/aromatic N) is 4. The van der Waals surface area contributed by atoms with Gasteiger partial charge >= 0.3 is 6.03 Å². The van der Waals surface area contributed by atoms with Crippen molar-refractivity contribution in [3.05, 3.63) is 96.1 Å². The SMILES string of the molecule is Cc1cc(S(=O)(=O)O)ccc1N=Nc1c(S(=O)(=O)O)cc2cc(NC(=O)Nc3ccc4c(O)c(N=Nc5ccc(S(=O)(=O)O)cc5C)c(S(=O)(=O)O)cc4c3)ccc2c1O.[Na]. The first kappa shape index (κ1) is 46.6. The second kappa shape index (κ2) is 17.1. The normalized spacial score (nSPS) is 12.6. The number of hydrogen-bond acceptors (Lipinski definition) is 15. The quantitative estimate of drug-likeness (QED) is 0.0386. The van der Waals surface area contributed by atoms with Crippen LogP contribution in [0.25, 0.3) is 21.5 Å². The molecule has 0 saturated carbocycles. The Balaban J connectivity index is 0.00000704. The first-order chi connectivity index (χ1) is 27.8. The fraction of sp³-hybridized carbons (Fsp3) is 0.0571. The van der Waals surface area contributed by atoms with Crippen molar-refractivity contribution in [1.29, 1.82) is 0 Å². The summed E-state index contributed by atoms with van der Waals surface area (Å²) in [5, 5.41) is 42.4. The fourth-order valence-electron chi connectivity index (χ4n) is 5.75. The molecule has 6 rings (SSSR count). The number of urea groups is 1. The van der Waals surface area contributed by atoms with E-state index in [0.717, 1.165) is 36.4 Å². The van der Waals surface area contributed by atoms with Crippen molar-refractivity contribution in [2.45, 2.75) is 33.4 Å². The third-order valence-electron chi connectivity index (χ3n) is 8.62. The monoisotopic (exact) mass is 923 g/mol. The van der Waals surface area contributed by atoms with Crippen LogP contribution in [0.3, 0.4) is 0 Å². The van der Waals surface area contributed by atoms with Crippen LogP contribution in [0.1, 0.15) is 11.1 Å². The Labute approximate surface area is 368 Å². The average Bonchev–Trinajstić information content (AvgIpc) is 3.13. The number of azo groups is 2. The van der Waals surface area contributed by atoms with Crippen LogP contribution in [0, 0.1) is 13.8 Å². The van der Waals surface area contributed by atoms with E-state index >= 15 is 0 Å². The first-order valence-electron chi connectivity index (χ1n) is 16.4. The summed E-state index contributed by atoms with van der Waals surface area (Å²) in [6, 6.07) is 15.3. The average molecular weight is 924 g/mol. The predicted octanol–water partition coefficient (Wildman–Crippen LogP) is 7.10. The van der Waals surface area contributed by atoms with E-state index in [-0.39, 0.29) is 85.0 Å². The maximum atomic E-state index is 13.1. The number of aromatic hydroxyl groups is 2. The van der Waals surface area contributed by atoms with Gasteiger partial charge in [-0.1, -0.05) is 0 Å². The van der Waals surface area contributed by atoms with Crippen molar-refractivity contribution >= 4 is 132 Å². The molecule has 0 saturated heterocycles. The van der Waals surface area contributed by atoms with Crippen molar-refractivity contribution in [2.75, 3.05) is 10.6 Å². The van der Waals surface area contributed by atoms with Crippen LogP contribution in [0.2, 0.25) is 0 Å². The molecule has 0 bridgehead atoms. The van der Waals surface area contributed by atoms with Crippen LogP contribution in [0.5, 0.6) is 11.5 Å². The van der Waals surface area contributed by atoms with Gasteiger partial charge in [-0.2, -0.15) is 43.9 Å². The molecule has 0 atom stereocenters. The Morgan fingerprint density at radius 2 is 0.852 bits per heavy atom. The van der Waals surface area contributed by atoms with E-state index in [2.05, 4.69) is 31.1 Å². The molecule has 61 heavy (non-hydrogen) atoms. The molecule has 6 aromatic carbocycles. The molecule has 2 amide bonds. The molecule has 313 valence electrons. The number of phenols is 2. The number of anilines is 2. The summed E-state index contributed by atoms with van der Waals surface area (Å²) >= 11 is 0. The zero-order chi connectivity index (χ0) is 44.1. The number of phenolic OH excluding ortho intramolecular Hbond substituents is 2. The molecule has 0 fully saturated rings. The van der Waals surface area contributed by atoms with Gasteiger partial charge in [0.25, 0.3) is 40.5 Å². The van der Waals surface area contributed by atoms with Crippen molar-refractivity contribution in [3.63, 3.8) is 0 Å². The van der Waals surface area contributed by atoms with Crippen molar-refractivity contribution < 1.29 is 66.9 Å². The van der Waals surface area contributed by atoms with Gasteiger partial charge in [-0.25, -0.2) is 4.79 Å². The Bertz CT molecular complexity index is 3130. The third kappa shape index (κ3) is 10.4. The van der Waals surface area contributed by atoms with Crippen LogP contribution >= 0.6 is 0 Å². The molecule has 0 aliphatic rings. The predicted molar refractivity (Wildman–Crippen MR) is 220 cm³/mol. The summed E-state index contributed by atoms with van der Waals surface area (Å²) in [7, 11) is -19.2. The summed E-state index contributed by atoms with van der Waals surface area (Å²) in [5.74, 6) is -1.46. The number of carbonyl (C=O) groups is 1. The molecule has 8 N–H and O–H groups in total. The van der Waals surface area contributed by atoms with Crippen LogP contribution in [-0.4, -0.2) is 97.7 Å². The van der Waals surface area contributed by atoms with E-state index in [1.807, 2.05) is 0 Å². The smallest absolute Gasteiger partial charge is 0.323 e. The topological polar surface area (TPSA) is 349 Å². The molecular weight excluding hydrogens is 896 g/mol. The molecule has 0 heterocycles. The molecule has 21 nitrogen and oxygen atoms in total. The zero-order valence-corrected chi connectivity index (χ0v) is 36.6. The molecule has 6 aromatic rings. The van der Waals surface area contributed by atoms with Gasteiger partial charge in [0.1, 0.15) is 21.2 Å². The molecule has 0 aliphatic heterocycles. The second-order valence-electron chi connectivity index (χ2n) is 12.8. The van der Waals surface area contributed by atoms with Gasteiger partial charge in [-0.05, 0) is 121 Å². The minimum atomic E-state index is -5.06. The number of rotatable bonds is 10. The van der Waals surface area contributed by atoms with E-state index in [1.165, 1.54) is 62.4 Å². The van der Waals surface area contributed by atoms with E-state index in [0.29, 0.717) is 0 Å². The van der Waals surface area contributed by atoms with E-state index < -0.39 is 89.0 Å². The van der Waals surface area contributed by atoms with Gasteiger partial charge in [0.2, 0.25) is 0 Å². The Morgan fingerprint density at radius 3 is 1.16 bits per heavy atom. The van der Waals surface area contributed by atoms with E-state index in [9.17, 15) is 66.9 Å². The van der Waals surface area contributed by atoms with E-state index in [4.69, 9.17) is 0 Å². The van der Waals surface area contributed by atoms with Crippen molar-refractivity contribution in [2.24, 2.45) is 20.5 Å². The number of hydrogen-bond donors (Lipinski definition) is 8. The number of fused-ring (bicyclic) bond motifs is 2. The summed E-state index contributed by atoms with van der Waals surface area (Å²) in [6.45, 7) is 2.86. The molecule has 26 heteroatoms. The van der Waals surface area contributed by atoms with Crippen LogP contribution in [-0.2, 0) is 40.5 Å². The Morgan fingerprint density at radius 1 is 0.492 bits per heavy atom. The fourth-order valence-corrected chi connectivity index (χ4v) is 8.19. The second-order valence-corrected chi connectivity index (χ2v) is 18.4. The van der Waals surface area contributed by atoms with Crippen LogP contribution < -0.4 is 10.6 Å². The minimum absolute atomic E-state index is 0. The summed E-state index contributed by atoms with van der Waals surface area (Å²) < 4.78 is 134. The van der Waals surface area contributed by atoms with Crippen molar-refractivity contribution in [1.82, 2.24) is 0 Å². The summed E-state index contributed by atoms with van der Waals surface area (Å²) in [6.07, 6.45) is 0. The molecule has 0 spiro atoms. The van der Waals surface area contributed by atoms with Gasteiger partial charge in [0.15, 0.2) is 11.5 Å². The Hall–Kier alpha value is -5.45. The molecular formula is C35H28N6NaO15S4. The first-order valence-corrected chi connectivity index (χ1v) is 22.2. The number of carbonyl (C=O) groups excluding carboxylic acids is 1. The van der Waals surface area contributed by atoms with Gasteiger partial charge in [-0.15, -0.1) is 10.2 Å². The maximum Gasteiger partial charge on any atom is 0.323 e. The van der Waals surface area contributed by atoms with Gasteiger partial charge in [-0.3, -0.25) is 18.2 Å². The molecule has 0 aromatic heterocycles. The molecule has 1 radical (unpaired) electrons. The van der Waals surface area contributed by atoms with Crippen LogP contribution in [0.4, 0.5) is 38.9 Å². The summed E-state index contributed by atoms with van der Waals surface area (Å²) in [5.41, 5.74) is -0.760. The minimum Gasteiger partial charge on any atom is -0.505 e. The number of amides is 2. The Kier molecular flexibility index (Phi) is 13.1.